The third-order valence-electron chi connectivity index (χ3n) is 4.38. The molecule has 0 saturated heterocycles. The van der Waals surface area contributed by atoms with E-state index in [0.29, 0.717) is 33.9 Å². The summed E-state index contributed by atoms with van der Waals surface area (Å²) in [6, 6.07) is 20.3. The molecule has 32 heavy (non-hydrogen) atoms. The number of carboxylic acid groups (broad SMARTS) is 1. The van der Waals surface area contributed by atoms with E-state index in [1.165, 1.54) is 0 Å². The van der Waals surface area contributed by atoms with Crippen LogP contribution in [0.5, 0.6) is 11.5 Å². The SMILES string of the molecule is CS(=O)(=O)NCc1cc(CC(=O)O)ccc1Oc1ccc(C(=O)Nc2ccccc2)cc1. The highest BCUT2D eigenvalue weighted by Crippen LogP contribution is 2.27. The lowest BCUT2D eigenvalue weighted by Gasteiger charge is -2.13. The molecule has 0 radical (unpaired) electrons. The number of anilines is 1. The van der Waals surface area contributed by atoms with Crippen molar-refractivity contribution in [2.24, 2.45) is 0 Å². The molecule has 0 saturated carbocycles. The monoisotopic (exact) mass is 454 g/mol. The maximum atomic E-state index is 12.4. The molecule has 3 aromatic carbocycles. The first-order chi connectivity index (χ1) is 15.2. The quantitative estimate of drug-likeness (QED) is 0.456. The van der Waals surface area contributed by atoms with E-state index < -0.39 is 16.0 Å². The van der Waals surface area contributed by atoms with Gasteiger partial charge < -0.3 is 15.2 Å². The first kappa shape index (κ1) is 23.0. The minimum Gasteiger partial charge on any atom is -0.481 e. The fraction of sp³-hybridized carbons (Fsp3) is 0.130. The number of nitrogens with one attached hydrogen (secondary N) is 2. The molecule has 166 valence electrons. The number of hydrogen-bond donors (Lipinski definition) is 3. The Morgan fingerprint density at radius 2 is 1.66 bits per heavy atom. The minimum atomic E-state index is -3.46. The summed E-state index contributed by atoms with van der Waals surface area (Å²) in [5.41, 5.74) is 2.13. The lowest BCUT2D eigenvalue weighted by atomic mass is 10.1. The highest BCUT2D eigenvalue weighted by molar-refractivity contribution is 7.88. The Hall–Kier alpha value is -3.69. The number of para-hydroxylation sites is 1. The molecule has 0 aliphatic carbocycles. The zero-order chi connectivity index (χ0) is 23.1. The molecule has 0 aliphatic rings. The lowest BCUT2D eigenvalue weighted by molar-refractivity contribution is -0.136. The largest absolute Gasteiger partial charge is 0.481 e. The van der Waals surface area contributed by atoms with Crippen molar-refractivity contribution in [2.75, 3.05) is 11.6 Å². The summed E-state index contributed by atoms with van der Waals surface area (Å²) in [6.45, 7) is -0.0564. The summed E-state index contributed by atoms with van der Waals surface area (Å²) >= 11 is 0. The highest BCUT2D eigenvalue weighted by atomic mass is 32.2. The number of rotatable bonds is 9. The van der Waals surface area contributed by atoms with Crippen molar-refractivity contribution in [3.63, 3.8) is 0 Å². The van der Waals surface area contributed by atoms with Gasteiger partial charge in [0.15, 0.2) is 0 Å². The van der Waals surface area contributed by atoms with Gasteiger partial charge in [-0.3, -0.25) is 9.59 Å². The molecule has 0 aromatic heterocycles. The van der Waals surface area contributed by atoms with Crippen molar-refractivity contribution in [1.82, 2.24) is 4.72 Å². The molecule has 1 amide bonds. The molecular weight excluding hydrogens is 432 g/mol. The summed E-state index contributed by atoms with van der Waals surface area (Å²) in [6.07, 6.45) is 0.839. The van der Waals surface area contributed by atoms with Gasteiger partial charge in [0.2, 0.25) is 10.0 Å². The second-order valence-electron chi connectivity index (χ2n) is 7.05. The number of carbonyl (C=O) groups excluding carboxylic acids is 1. The van der Waals surface area contributed by atoms with Crippen LogP contribution in [0, 0.1) is 0 Å². The van der Waals surface area contributed by atoms with Gasteiger partial charge >= 0.3 is 5.97 Å². The number of benzene rings is 3. The van der Waals surface area contributed by atoms with Gasteiger partial charge in [0.1, 0.15) is 11.5 Å². The molecule has 0 atom stereocenters. The Bertz CT molecular complexity index is 1210. The van der Waals surface area contributed by atoms with Gasteiger partial charge in [-0.25, -0.2) is 13.1 Å². The van der Waals surface area contributed by atoms with Gasteiger partial charge in [-0.1, -0.05) is 30.3 Å². The molecule has 9 heteroatoms. The summed E-state index contributed by atoms with van der Waals surface area (Å²) in [4.78, 5) is 23.4. The summed E-state index contributed by atoms with van der Waals surface area (Å²) in [5.74, 6) is -0.450. The zero-order valence-corrected chi connectivity index (χ0v) is 18.1. The van der Waals surface area contributed by atoms with Crippen molar-refractivity contribution >= 4 is 27.6 Å². The Kier molecular flexibility index (Phi) is 7.24. The third-order valence-corrected chi connectivity index (χ3v) is 5.05. The third kappa shape index (κ3) is 6.93. The molecule has 3 N–H and O–H groups in total. The van der Waals surface area contributed by atoms with Crippen molar-refractivity contribution < 1.29 is 27.9 Å². The number of sulfonamides is 1. The molecule has 0 unspecified atom stereocenters. The molecule has 8 nitrogen and oxygen atoms in total. The molecule has 0 heterocycles. The van der Waals surface area contributed by atoms with Crippen LogP contribution in [0.1, 0.15) is 21.5 Å². The van der Waals surface area contributed by atoms with E-state index in [1.807, 2.05) is 18.2 Å². The Balaban J connectivity index is 1.76. The molecule has 3 rings (SSSR count). The normalized spacial score (nSPS) is 11.0. The summed E-state index contributed by atoms with van der Waals surface area (Å²) in [5, 5.41) is 11.8. The maximum absolute atomic E-state index is 12.4. The average molecular weight is 455 g/mol. The van der Waals surface area contributed by atoms with Crippen LogP contribution in [-0.2, 0) is 27.8 Å². The molecular formula is C23H22N2O6S. The zero-order valence-electron chi connectivity index (χ0n) is 17.2. The predicted octanol–water partition coefficient (Wildman–Crippen LogP) is 3.41. The Morgan fingerprint density at radius 1 is 0.969 bits per heavy atom. The predicted molar refractivity (Wildman–Crippen MR) is 120 cm³/mol. The van der Waals surface area contributed by atoms with Crippen LogP contribution in [0.3, 0.4) is 0 Å². The van der Waals surface area contributed by atoms with E-state index >= 15 is 0 Å². The molecule has 0 bridgehead atoms. The topological polar surface area (TPSA) is 122 Å². The van der Waals surface area contributed by atoms with Gasteiger partial charge in [-0.2, -0.15) is 0 Å². The van der Waals surface area contributed by atoms with Gasteiger partial charge in [-0.15, -0.1) is 0 Å². The van der Waals surface area contributed by atoms with Crippen LogP contribution >= 0.6 is 0 Å². The molecule has 0 spiro atoms. The van der Waals surface area contributed by atoms with E-state index in [0.717, 1.165) is 6.26 Å². The molecule has 3 aromatic rings. The average Bonchev–Trinajstić information content (AvgIpc) is 2.74. The number of hydrogen-bond acceptors (Lipinski definition) is 5. The van der Waals surface area contributed by atoms with Crippen LogP contribution in [0.25, 0.3) is 0 Å². The van der Waals surface area contributed by atoms with Gasteiger partial charge in [0.25, 0.3) is 5.91 Å². The fourth-order valence-corrected chi connectivity index (χ4v) is 3.31. The van der Waals surface area contributed by atoms with Gasteiger partial charge in [0.05, 0.1) is 12.7 Å². The molecule has 0 aliphatic heterocycles. The van der Waals surface area contributed by atoms with Gasteiger partial charge in [0, 0.05) is 23.4 Å². The number of ether oxygens (including phenoxy) is 1. The lowest BCUT2D eigenvalue weighted by Crippen LogP contribution is -2.21. The number of amides is 1. The van der Waals surface area contributed by atoms with E-state index in [4.69, 9.17) is 9.84 Å². The van der Waals surface area contributed by atoms with Gasteiger partial charge in [-0.05, 0) is 48.0 Å². The summed E-state index contributed by atoms with van der Waals surface area (Å²) in [7, 11) is -3.46. The van der Waals surface area contributed by atoms with E-state index in [1.54, 1.807) is 54.6 Å². The number of carbonyl (C=O) groups is 2. The van der Waals surface area contributed by atoms with Crippen molar-refractivity contribution in [3.8, 4) is 11.5 Å². The second kappa shape index (κ2) is 10.1. The Labute approximate surface area is 185 Å². The summed E-state index contributed by atoms with van der Waals surface area (Å²) < 4.78 is 31.2. The van der Waals surface area contributed by atoms with E-state index in [9.17, 15) is 18.0 Å². The smallest absolute Gasteiger partial charge is 0.307 e. The highest BCUT2D eigenvalue weighted by Gasteiger charge is 2.12. The van der Waals surface area contributed by atoms with Crippen LogP contribution in [-0.4, -0.2) is 31.7 Å². The van der Waals surface area contributed by atoms with E-state index in [-0.39, 0.29) is 18.9 Å². The van der Waals surface area contributed by atoms with Crippen LogP contribution < -0.4 is 14.8 Å². The maximum Gasteiger partial charge on any atom is 0.307 e. The first-order valence-electron chi connectivity index (χ1n) is 9.62. The van der Waals surface area contributed by atoms with E-state index in [2.05, 4.69) is 10.0 Å². The van der Waals surface area contributed by atoms with Crippen molar-refractivity contribution in [3.05, 3.63) is 89.5 Å². The minimum absolute atomic E-state index is 0.0564. The second-order valence-corrected chi connectivity index (χ2v) is 8.89. The van der Waals surface area contributed by atoms with Crippen molar-refractivity contribution in [2.45, 2.75) is 13.0 Å². The van der Waals surface area contributed by atoms with Crippen molar-refractivity contribution in [1.29, 1.82) is 0 Å². The molecule has 0 fully saturated rings. The number of carboxylic acids is 1. The van der Waals surface area contributed by atoms with Crippen LogP contribution in [0.15, 0.2) is 72.8 Å². The fourth-order valence-electron chi connectivity index (χ4n) is 2.89. The Morgan fingerprint density at radius 3 is 2.28 bits per heavy atom. The first-order valence-corrected chi connectivity index (χ1v) is 11.5. The standard InChI is InChI=1S/C23H22N2O6S/c1-32(29,30)24-15-18-13-16(14-22(26)27)7-12-21(18)31-20-10-8-17(9-11-20)23(28)25-19-5-3-2-4-6-19/h2-13,24H,14-15H2,1H3,(H,25,28)(H,26,27). The van der Waals surface area contributed by atoms with Crippen LogP contribution in [0.4, 0.5) is 5.69 Å². The van der Waals surface area contributed by atoms with Crippen LogP contribution in [0.2, 0.25) is 0 Å². The number of aliphatic carboxylic acids is 1.